The van der Waals surface area contributed by atoms with Crippen molar-refractivity contribution in [1.29, 1.82) is 0 Å². The molecule has 2 aromatic heterocycles. The Balaban J connectivity index is 1.53. The Morgan fingerprint density at radius 1 is 1.10 bits per heavy atom. The molecular formula is C22H19N3O4S. The minimum atomic E-state index is -0.389. The number of carbonyl (C=O) groups is 2. The number of benzene rings is 2. The molecule has 0 fully saturated rings. The molecule has 0 aliphatic rings. The molecule has 0 aliphatic heterocycles. The minimum absolute atomic E-state index is 0.260. The number of fused-ring (bicyclic) bond motifs is 1. The van der Waals surface area contributed by atoms with Gasteiger partial charge in [-0.2, -0.15) is 0 Å². The third-order valence-electron chi connectivity index (χ3n) is 4.48. The summed E-state index contributed by atoms with van der Waals surface area (Å²) in [6.45, 7) is 2.07. The minimum Gasteiger partial charge on any atom is -0.497 e. The average molecular weight is 421 g/mol. The summed E-state index contributed by atoms with van der Waals surface area (Å²) in [6.07, 6.45) is 1.84. The molecule has 0 spiro atoms. The molecule has 152 valence electrons. The van der Waals surface area contributed by atoms with Crippen molar-refractivity contribution in [2.45, 2.75) is 6.92 Å². The first-order valence-electron chi connectivity index (χ1n) is 9.28. The maximum Gasteiger partial charge on any atom is 0.338 e. The number of nitrogens with zero attached hydrogens (tertiary/aromatic N) is 2. The summed E-state index contributed by atoms with van der Waals surface area (Å²) in [5.41, 5.74) is 3.22. The first kappa shape index (κ1) is 19.7. The lowest BCUT2D eigenvalue weighted by atomic mass is 10.2. The number of methoxy groups -OCH3 is 1. The number of anilines is 1. The van der Waals surface area contributed by atoms with Crippen molar-refractivity contribution in [2.24, 2.45) is 0 Å². The van der Waals surface area contributed by atoms with Gasteiger partial charge in [0, 0.05) is 22.8 Å². The number of imidazole rings is 1. The summed E-state index contributed by atoms with van der Waals surface area (Å²) in [5.74, 6) is 0.122. The van der Waals surface area contributed by atoms with Crippen LogP contribution >= 0.6 is 11.3 Å². The van der Waals surface area contributed by atoms with Gasteiger partial charge in [-0.05, 0) is 55.5 Å². The molecule has 4 aromatic rings. The Morgan fingerprint density at radius 3 is 2.50 bits per heavy atom. The highest BCUT2D eigenvalue weighted by Gasteiger charge is 2.16. The third-order valence-corrected chi connectivity index (χ3v) is 5.32. The van der Waals surface area contributed by atoms with E-state index in [1.165, 1.54) is 11.3 Å². The lowest BCUT2D eigenvalue weighted by Crippen LogP contribution is -2.14. The van der Waals surface area contributed by atoms with Crippen LogP contribution in [0.5, 0.6) is 5.75 Å². The largest absolute Gasteiger partial charge is 0.497 e. The molecule has 0 saturated heterocycles. The molecule has 7 nitrogen and oxygen atoms in total. The molecule has 8 heteroatoms. The van der Waals surface area contributed by atoms with Crippen molar-refractivity contribution in [3.8, 4) is 17.0 Å². The summed E-state index contributed by atoms with van der Waals surface area (Å²) in [4.78, 5) is 29.9. The fourth-order valence-electron chi connectivity index (χ4n) is 2.95. The van der Waals surface area contributed by atoms with Crippen LogP contribution in [-0.2, 0) is 4.74 Å². The second-order valence-electron chi connectivity index (χ2n) is 6.38. The Hall–Kier alpha value is -3.65. The van der Waals surface area contributed by atoms with Gasteiger partial charge in [0.15, 0.2) is 4.96 Å². The van der Waals surface area contributed by atoms with E-state index in [0.29, 0.717) is 23.6 Å². The number of amides is 1. The molecule has 0 unspecified atom stereocenters. The van der Waals surface area contributed by atoms with Crippen molar-refractivity contribution in [3.05, 3.63) is 71.4 Å². The molecule has 0 saturated carbocycles. The van der Waals surface area contributed by atoms with E-state index >= 15 is 0 Å². The second-order valence-corrected chi connectivity index (χ2v) is 7.22. The number of ether oxygens (including phenoxy) is 2. The number of esters is 1. The molecule has 2 heterocycles. The maximum atomic E-state index is 12.8. The van der Waals surface area contributed by atoms with Gasteiger partial charge in [-0.15, -0.1) is 11.3 Å². The van der Waals surface area contributed by atoms with Gasteiger partial charge in [0.2, 0.25) is 0 Å². The van der Waals surface area contributed by atoms with E-state index in [2.05, 4.69) is 10.3 Å². The normalized spacial score (nSPS) is 10.7. The Bertz CT molecular complexity index is 1190. The number of nitrogens with one attached hydrogen (secondary N) is 1. The second kappa shape index (κ2) is 8.38. The molecule has 0 atom stereocenters. The van der Waals surface area contributed by atoms with Crippen LogP contribution in [0.1, 0.15) is 27.8 Å². The quantitative estimate of drug-likeness (QED) is 0.464. The zero-order chi connectivity index (χ0) is 21.1. The maximum absolute atomic E-state index is 12.8. The number of aromatic nitrogens is 2. The van der Waals surface area contributed by atoms with Gasteiger partial charge in [-0.25, -0.2) is 9.78 Å². The van der Waals surface area contributed by atoms with Crippen LogP contribution in [0.2, 0.25) is 0 Å². The zero-order valence-corrected chi connectivity index (χ0v) is 17.2. The van der Waals surface area contributed by atoms with Crippen LogP contribution < -0.4 is 10.1 Å². The molecule has 1 N–H and O–H groups in total. The highest BCUT2D eigenvalue weighted by atomic mass is 32.1. The van der Waals surface area contributed by atoms with Crippen LogP contribution in [-0.4, -0.2) is 35.0 Å². The predicted octanol–water partition coefficient (Wildman–Crippen LogP) is 4.50. The van der Waals surface area contributed by atoms with Gasteiger partial charge in [0.1, 0.15) is 11.4 Å². The van der Waals surface area contributed by atoms with E-state index in [1.54, 1.807) is 48.1 Å². The van der Waals surface area contributed by atoms with Gasteiger partial charge >= 0.3 is 5.97 Å². The number of rotatable bonds is 6. The first-order chi connectivity index (χ1) is 14.6. The topological polar surface area (TPSA) is 81.9 Å². The van der Waals surface area contributed by atoms with Crippen LogP contribution in [0.15, 0.2) is 60.1 Å². The predicted molar refractivity (Wildman–Crippen MR) is 115 cm³/mol. The van der Waals surface area contributed by atoms with E-state index in [0.717, 1.165) is 22.0 Å². The van der Waals surface area contributed by atoms with Crippen LogP contribution in [0.3, 0.4) is 0 Å². The van der Waals surface area contributed by atoms with E-state index in [1.807, 2.05) is 30.5 Å². The lowest BCUT2D eigenvalue weighted by Gasteiger charge is -2.06. The SMILES string of the molecule is CCOC(=O)c1ccc(NC(=O)c2csc3nc(-c4ccc(OC)cc4)cn23)cc1. The number of hydrogen-bond acceptors (Lipinski definition) is 6. The van der Waals surface area contributed by atoms with E-state index in [9.17, 15) is 9.59 Å². The Morgan fingerprint density at radius 2 is 1.83 bits per heavy atom. The monoisotopic (exact) mass is 421 g/mol. The number of hydrogen-bond donors (Lipinski definition) is 1. The van der Waals surface area contributed by atoms with Crippen LogP contribution in [0.4, 0.5) is 5.69 Å². The van der Waals surface area contributed by atoms with Crippen LogP contribution in [0, 0.1) is 0 Å². The highest BCUT2D eigenvalue weighted by molar-refractivity contribution is 7.15. The van der Waals surface area contributed by atoms with Crippen molar-refractivity contribution in [2.75, 3.05) is 19.0 Å². The van der Waals surface area contributed by atoms with Crippen LogP contribution in [0.25, 0.3) is 16.2 Å². The Kier molecular flexibility index (Phi) is 5.49. The van der Waals surface area contributed by atoms with Crippen molar-refractivity contribution in [1.82, 2.24) is 9.38 Å². The van der Waals surface area contributed by atoms with E-state index < -0.39 is 0 Å². The smallest absolute Gasteiger partial charge is 0.338 e. The highest BCUT2D eigenvalue weighted by Crippen LogP contribution is 2.26. The van der Waals surface area contributed by atoms with E-state index in [4.69, 9.17) is 9.47 Å². The van der Waals surface area contributed by atoms with Gasteiger partial charge in [0.25, 0.3) is 5.91 Å². The average Bonchev–Trinajstić information content (AvgIpc) is 3.35. The number of thiazole rings is 1. The van der Waals surface area contributed by atoms with Gasteiger partial charge in [-0.1, -0.05) is 0 Å². The van der Waals surface area contributed by atoms with Gasteiger partial charge in [0.05, 0.1) is 25.0 Å². The molecule has 4 rings (SSSR count). The standard InChI is InChI=1S/C22H19N3O4S/c1-3-29-21(27)15-4-8-16(9-5-15)23-20(26)19-13-30-22-24-18(12-25(19)22)14-6-10-17(28-2)11-7-14/h4-13H,3H2,1-2H3,(H,23,26). The molecule has 30 heavy (non-hydrogen) atoms. The first-order valence-corrected chi connectivity index (χ1v) is 10.2. The van der Waals surface area contributed by atoms with Crippen molar-refractivity contribution in [3.63, 3.8) is 0 Å². The molecule has 0 radical (unpaired) electrons. The Labute approximate surface area is 176 Å². The summed E-state index contributed by atoms with van der Waals surface area (Å²) >= 11 is 1.39. The molecule has 1 amide bonds. The fraction of sp³-hybridized carbons (Fsp3) is 0.136. The molecule has 0 bridgehead atoms. The van der Waals surface area contributed by atoms with Gasteiger partial charge < -0.3 is 14.8 Å². The molecular weight excluding hydrogens is 402 g/mol. The lowest BCUT2D eigenvalue weighted by molar-refractivity contribution is 0.0526. The summed E-state index contributed by atoms with van der Waals surface area (Å²) in [6, 6.07) is 14.2. The zero-order valence-electron chi connectivity index (χ0n) is 16.4. The van der Waals surface area contributed by atoms with Crippen molar-refractivity contribution < 1.29 is 19.1 Å². The van der Waals surface area contributed by atoms with Gasteiger partial charge in [-0.3, -0.25) is 9.20 Å². The van der Waals surface area contributed by atoms with Crippen molar-refractivity contribution >= 4 is 33.9 Å². The summed E-state index contributed by atoms with van der Waals surface area (Å²) < 4.78 is 11.9. The third kappa shape index (κ3) is 3.90. The van der Waals surface area contributed by atoms with E-state index in [-0.39, 0.29) is 11.9 Å². The fourth-order valence-corrected chi connectivity index (χ4v) is 3.80. The summed E-state index contributed by atoms with van der Waals surface area (Å²) in [7, 11) is 1.62. The summed E-state index contributed by atoms with van der Waals surface area (Å²) in [5, 5.41) is 4.62. The molecule has 0 aliphatic carbocycles. The number of carbonyl (C=O) groups excluding carboxylic acids is 2. The molecule has 2 aromatic carbocycles.